The number of hydrogen-bond donors (Lipinski definition) is 2. The first-order valence-corrected chi connectivity index (χ1v) is 8.63. The molecule has 6 heteroatoms. The second-order valence-electron chi connectivity index (χ2n) is 6.67. The SMILES string of the molecule is CC(=O)N1c2ccc(C#N)cc2[C@H](Nc2ncccc2CO)[C@@H](C)[C@@H]1C. The highest BCUT2D eigenvalue weighted by atomic mass is 16.3. The lowest BCUT2D eigenvalue weighted by molar-refractivity contribution is -0.117. The molecule has 1 aliphatic heterocycles. The number of aliphatic hydroxyl groups excluding tert-OH is 1. The fourth-order valence-electron chi connectivity index (χ4n) is 3.62. The molecule has 134 valence electrons. The molecule has 1 amide bonds. The number of carbonyl (C=O) groups excluding carboxylic acids is 1. The molecule has 2 aromatic rings. The number of fused-ring (bicyclic) bond motifs is 1. The zero-order valence-electron chi connectivity index (χ0n) is 15.1. The topological polar surface area (TPSA) is 89.3 Å². The molecule has 2 N–H and O–H groups in total. The summed E-state index contributed by atoms with van der Waals surface area (Å²) in [6, 6.07) is 11.0. The zero-order chi connectivity index (χ0) is 18.8. The number of nitrogens with one attached hydrogen (secondary N) is 1. The van der Waals surface area contributed by atoms with Crippen LogP contribution in [0.1, 0.15) is 43.5 Å². The molecule has 0 spiro atoms. The minimum absolute atomic E-state index is 0.0216. The molecule has 0 unspecified atom stereocenters. The van der Waals surface area contributed by atoms with Crippen molar-refractivity contribution in [3.8, 4) is 6.07 Å². The number of benzene rings is 1. The highest BCUT2D eigenvalue weighted by Crippen LogP contribution is 2.42. The third kappa shape index (κ3) is 3.02. The molecule has 1 aromatic carbocycles. The number of nitriles is 1. The van der Waals surface area contributed by atoms with E-state index >= 15 is 0 Å². The van der Waals surface area contributed by atoms with Gasteiger partial charge in [-0.05, 0) is 36.8 Å². The molecule has 0 bridgehead atoms. The van der Waals surface area contributed by atoms with Crippen LogP contribution >= 0.6 is 0 Å². The molecule has 0 aliphatic carbocycles. The summed E-state index contributed by atoms with van der Waals surface area (Å²) in [5.74, 6) is 0.667. The summed E-state index contributed by atoms with van der Waals surface area (Å²) in [5, 5.41) is 22.3. The number of carbonyl (C=O) groups is 1. The van der Waals surface area contributed by atoms with Gasteiger partial charge in [-0.3, -0.25) is 4.79 Å². The third-order valence-electron chi connectivity index (χ3n) is 5.14. The van der Waals surface area contributed by atoms with Crippen LogP contribution in [0.5, 0.6) is 0 Å². The lowest BCUT2D eigenvalue weighted by Crippen LogP contribution is -2.48. The minimum atomic E-state index is -0.135. The number of pyridine rings is 1. The van der Waals surface area contributed by atoms with Gasteiger partial charge in [0.1, 0.15) is 5.82 Å². The number of hydrogen-bond acceptors (Lipinski definition) is 5. The molecular weight excluding hydrogens is 328 g/mol. The van der Waals surface area contributed by atoms with Crippen molar-refractivity contribution < 1.29 is 9.90 Å². The van der Waals surface area contributed by atoms with E-state index in [1.807, 2.05) is 25.1 Å². The monoisotopic (exact) mass is 350 g/mol. The Morgan fingerprint density at radius 2 is 2.15 bits per heavy atom. The summed E-state index contributed by atoms with van der Waals surface area (Å²) in [7, 11) is 0. The van der Waals surface area contributed by atoms with E-state index in [2.05, 4.69) is 23.3 Å². The van der Waals surface area contributed by atoms with Gasteiger partial charge in [0.2, 0.25) is 5.91 Å². The van der Waals surface area contributed by atoms with Crippen LogP contribution in [0, 0.1) is 17.2 Å². The van der Waals surface area contributed by atoms with Crippen molar-refractivity contribution >= 4 is 17.4 Å². The quantitative estimate of drug-likeness (QED) is 0.888. The normalized spacial score (nSPS) is 21.7. The molecule has 2 heterocycles. The van der Waals surface area contributed by atoms with Crippen LogP contribution in [0.2, 0.25) is 0 Å². The minimum Gasteiger partial charge on any atom is -0.392 e. The maximum atomic E-state index is 12.2. The van der Waals surface area contributed by atoms with Crippen LogP contribution in [0.3, 0.4) is 0 Å². The predicted molar refractivity (Wildman–Crippen MR) is 99.5 cm³/mol. The number of anilines is 2. The fourth-order valence-corrected chi connectivity index (χ4v) is 3.62. The van der Waals surface area contributed by atoms with Gasteiger partial charge in [0.25, 0.3) is 0 Å². The lowest BCUT2D eigenvalue weighted by Gasteiger charge is -2.44. The van der Waals surface area contributed by atoms with Crippen molar-refractivity contribution in [1.82, 2.24) is 4.98 Å². The highest BCUT2D eigenvalue weighted by Gasteiger charge is 2.38. The molecule has 0 saturated carbocycles. The van der Waals surface area contributed by atoms with Crippen LogP contribution in [-0.2, 0) is 11.4 Å². The van der Waals surface area contributed by atoms with Gasteiger partial charge in [0.15, 0.2) is 0 Å². The number of amides is 1. The molecule has 3 rings (SSSR count). The number of aromatic nitrogens is 1. The van der Waals surface area contributed by atoms with E-state index in [1.165, 1.54) is 0 Å². The summed E-state index contributed by atoms with van der Waals surface area (Å²) in [4.78, 5) is 18.4. The molecule has 3 atom stereocenters. The van der Waals surface area contributed by atoms with Gasteiger partial charge in [-0.15, -0.1) is 0 Å². The Bertz CT molecular complexity index is 874. The molecule has 0 saturated heterocycles. The van der Waals surface area contributed by atoms with Crippen LogP contribution in [0.25, 0.3) is 0 Å². The van der Waals surface area contributed by atoms with Gasteiger partial charge in [0, 0.05) is 36.3 Å². The smallest absolute Gasteiger partial charge is 0.224 e. The molecule has 1 aliphatic rings. The van der Waals surface area contributed by atoms with Crippen LogP contribution in [-0.4, -0.2) is 22.0 Å². The van der Waals surface area contributed by atoms with Crippen molar-refractivity contribution in [2.75, 3.05) is 10.2 Å². The Morgan fingerprint density at radius 3 is 2.81 bits per heavy atom. The molecule has 0 radical (unpaired) electrons. The Balaban J connectivity index is 2.11. The first kappa shape index (κ1) is 17.9. The first-order valence-electron chi connectivity index (χ1n) is 8.63. The largest absolute Gasteiger partial charge is 0.392 e. The van der Waals surface area contributed by atoms with Gasteiger partial charge in [0.05, 0.1) is 24.3 Å². The van der Waals surface area contributed by atoms with E-state index in [-0.39, 0.29) is 30.5 Å². The Labute approximate surface area is 153 Å². The second-order valence-corrected chi connectivity index (χ2v) is 6.67. The van der Waals surface area contributed by atoms with E-state index in [0.29, 0.717) is 16.9 Å². The molecule has 6 nitrogen and oxygen atoms in total. The Kier molecular flexibility index (Phi) is 4.92. The van der Waals surface area contributed by atoms with Gasteiger partial charge < -0.3 is 15.3 Å². The maximum absolute atomic E-state index is 12.2. The zero-order valence-corrected chi connectivity index (χ0v) is 15.1. The average Bonchev–Trinajstić information content (AvgIpc) is 2.65. The van der Waals surface area contributed by atoms with Crippen molar-refractivity contribution in [3.05, 3.63) is 53.2 Å². The van der Waals surface area contributed by atoms with E-state index in [9.17, 15) is 15.2 Å². The van der Waals surface area contributed by atoms with Crippen molar-refractivity contribution in [3.63, 3.8) is 0 Å². The standard InChI is InChI=1S/C20H22N4O2/c1-12-13(2)24(14(3)26)18-7-6-15(10-21)9-17(18)19(12)23-20-16(11-25)5-4-8-22-20/h4-9,12-13,19,25H,11H2,1-3H3,(H,22,23)/t12-,13-,19+/m0/s1. The number of rotatable bonds is 3. The summed E-state index contributed by atoms with van der Waals surface area (Å²) in [5.41, 5.74) is 2.95. The lowest BCUT2D eigenvalue weighted by atomic mass is 9.82. The first-order chi connectivity index (χ1) is 12.5. The maximum Gasteiger partial charge on any atom is 0.224 e. The van der Waals surface area contributed by atoms with E-state index in [4.69, 9.17) is 0 Å². The van der Waals surface area contributed by atoms with E-state index in [0.717, 1.165) is 11.3 Å². The van der Waals surface area contributed by atoms with Crippen LogP contribution in [0.4, 0.5) is 11.5 Å². The Hall–Kier alpha value is -2.91. The summed E-state index contributed by atoms with van der Waals surface area (Å²) >= 11 is 0. The molecule has 26 heavy (non-hydrogen) atoms. The van der Waals surface area contributed by atoms with Crippen molar-refractivity contribution in [2.24, 2.45) is 5.92 Å². The summed E-state index contributed by atoms with van der Waals surface area (Å²) in [6.45, 7) is 5.54. The highest BCUT2D eigenvalue weighted by molar-refractivity contribution is 5.94. The number of aliphatic hydroxyl groups is 1. The summed E-state index contributed by atoms with van der Waals surface area (Å²) < 4.78 is 0. The van der Waals surface area contributed by atoms with Gasteiger partial charge in [-0.25, -0.2) is 4.98 Å². The van der Waals surface area contributed by atoms with E-state index in [1.54, 1.807) is 30.2 Å². The Morgan fingerprint density at radius 1 is 1.38 bits per heavy atom. The summed E-state index contributed by atoms with van der Waals surface area (Å²) in [6.07, 6.45) is 1.67. The third-order valence-corrected chi connectivity index (χ3v) is 5.14. The predicted octanol–water partition coefficient (Wildman–Crippen LogP) is 2.99. The van der Waals surface area contributed by atoms with Crippen LogP contribution in [0.15, 0.2) is 36.5 Å². The molecule has 0 fully saturated rings. The van der Waals surface area contributed by atoms with E-state index < -0.39 is 0 Å². The van der Waals surface area contributed by atoms with Crippen molar-refractivity contribution in [2.45, 2.75) is 39.5 Å². The second kappa shape index (κ2) is 7.14. The van der Waals surface area contributed by atoms with Crippen molar-refractivity contribution in [1.29, 1.82) is 5.26 Å². The molecule has 1 aromatic heterocycles. The van der Waals surface area contributed by atoms with Gasteiger partial charge in [-0.1, -0.05) is 13.0 Å². The fraction of sp³-hybridized carbons (Fsp3) is 0.350. The number of nitrogens with zero attached hydrogens (tertiary/aromatic N) is 3. The average molecular weight is 350 g/mol. The van der Waals surface area contributed by atoms with Gasteiger partial charge >= 0.3 is 0 Å². The van der Waals surface area contributed by atoms with Gasteiger partial charge in [-0.2, -0.15) is 5.26 Å². The van der Waals surface area contributed by atoms with Crippen LogP contribution < -0.4 is 10.2 Å². The molecular formula is C20H22N4O2.